The van der Waals surface area contributed by atoms with Crippen LogP contribution in [0.4, 0.5) is 5.69 Å². The third kappa shape index (κ3) is 3.65. The first-order valence-electron chi connectivity index (χ1n) is 10.6. The highest BCUT2D eigenvalue weighted by Gasteiger charge is 2.30. The molecule has 152 valence electrons. The summed E-state index contributed by atoms with van der Waals surface area (Å²) in [5, 5.41) is 2.99. The molecule has 1 atom stereocenters. The second-order valence-electron chi connectivity index (χ2n) is 8.07. The summed E-state index contributed by atoms with van der Waals surface area (Å²) in [5.41, 5.74) is 4.70. The molecule has 1 N–H and O–H groups in total. The Balaban J connectivity index is 1.31. The van der Waals surface area contributed by atoms with Crippen molar-refractivity contribution in [3.8, 4) is 10.4 Å². The Bertz CT molecular complexity index is 1090. The molecule has 1 aliphatic heterocycles. The first-order valence-corrected chi connectivity index (χ1v) is 11.4. The van der Waals surface area contributed by atoms with E-state index in [1.165, 1.54) is 21.6 Å². The Hall–Kier alpha value is -2.92. The number of amides is 2. The predicted molar refractivity (Wildman–Crippen MR) is 121 cm³/mol. The lowest BCUT2D eigenvalue weighted by molar-refractivity contribution is -0.121. The largest absolute Gasteiger partial charge is 0.337 e. The third-order valence-corrected chi connectivity index (χ3v) is 7.26. The van der Waals surface area contributed by atoms with E-state index in [1.54, 1.807) is 11.3 Å². The summed E-state index contributed by atoms with van der Waals surface area (Å²) >= 11 is 1.60. The van der Waals surface area contributed by atoms with Gasteiger partial charge in [-0.3, -0.25) is 9.59 Å². The molecule has 2 aliphatic rings. The number of nitrogens with zero attached hydrogens (tertiary/aromatic N) is 1. The van der Waals surface area contributed by atoms with Crippen molar-refractivity contribution < 1.29 is 9.59 Å². The van der Waals surface area contributed by atoms with Gasteiger partial charge in [0.1, 0.15) is 0 Å². The second kappa shape index (κ2) is 8.07. The monoisotopic (exact) mass is 416 g/mol. The Morgan fingerprint density at radius 2 is 1.73 bits per heavy atom. The van der Waals surface area contributed by atoms with Crippen LogP contribution < -0.4 is 5.32 Å². The standard InChI is InChI=1S/C25H24N2O2S/c28-24(26-20-9-2-1-3-10-20)19-8-6-14-27(16-19)25(29)22-15-18-13-12-17-7-4-5-11-21(17)23(18)30-22/h1-5,7,9-11,15,19H,6,8,12-14,16H2,(H,26,28). The Morgan fingerprint density at radius 3 is 2.60 bits per heavy atom. The molecule has 3 aromatic rings. The fraction of sp³-hybridized carbons (Fsp3) is 0.280. The molecular formula is C25H24N2O2S. The molecule has 1 aliphatic carbocycles. The van der Waals surface area contributed by atoms with E-state index in [0.29, 0.717) is 13.1 Å². The summed E-state index contributed by atoms with van der Waals surface area (Å²) in [5.74, 6) is -0.111. The van der Waals surface area contributed by atoms with Crippen LogP contribution >= 0.6 is 11.3 Å². The second-order valence-corrected chi connectivity index (χ2v) is 9.12. The van der Waals surface area contributed by atoms with Crippen LogP contribution in [0.5, 0.6) is 0 Å². The number of carbonyl (C=O) groups is 2. The van der Waals surface area contributed by atoms with Gasteiger partial charge in [-0.15, -0.1) is 11.3 Å². The van der Waals surface area contributed by atoms with Gasteiger partial charge in [-0.1, -0.05) is 42.5 Å². The predicted octanol–water partition coefficient (Wildman–Crippen LogP) is 5.00. The topological polar surface area (TPSA) is 49.4 Å². The first-order chi connectivity index (χ1) is 14.7. The molecule has 0 spiro atoms. The number of hydrogen-bond acceptors (Lipinski definition) is 3. The van der Waals surface area contributed by atoms with Crippen molar-refractivity contribution in [3.63, 3.8) is 0 Å². The van der Waals surface area contributed by atoms with E-state index in [1.807, 2.05) is 35.2 Å². The van der Waals surface area contributed by atoms with Gasteiger partial charge in [-0.25, -0.2) is 0 Å². The normalized spacial score (nSPS) is 17.7. The SMILES string of the molecule is O=C(Nc1ccccc1)C1CCCN(C(=O)c2cc3c(s2)-c2ccccc2CC3)C1. The lowest BCUT2D eigenvalue weighted by atomic mass is 9.91. The molecule has 1 aromatic heterocycles. The van der Waals surface area contributed by atoms with Crippen LogP contribution in [0.15, 0.2) is 60.7 Å². The maximum atomic E-state index is 13.3. The van der Waals surface area contributed by atoms with E-state index < -0.39 is 0 Å². The van der Waals surface area contributed by atoms with Gasteiger partial charge in [0.25, 0.3) is 5.91 Å². The zero-order valence-electron chi connectivity index (χ0n) is 16.8. The number of nitrogens with one attached hydrogen (secondary N) is 1. The van der Waals surface area contributed by atoms with Crippen LogP contribution in [-0.2, 0) is 17.6 Å². The fourth-order valence-corrected chi connectivity index (χ4v) is 5.71. The lowest BCUT2D eigenvalue weighted by Crippen LogP contribution is -2.43. The van der Waals surface area contributed by atoms with Gasteiger partial charge in [-0.2, -0.15) is 0 Å². The lowest BCUT2D eigenvalue weighted by Gasteiger charge is -2.31. The molecule has 5 rings (SSSR count). The molecular weight excluding hydrogens is 392 g/mol. The average Bonchev–Trinajstić information content (AvgIpc) is 3.24. The Kier molecular flexibility index (Phi) is 5.13. The van der Waals surface area contributed by atoms with E-state index in [2.05, 4.69) is 35.6 Å². The Labute approximate surface area is 180 Å². The van der Waals surface area contributed by atoms with Crippen LogP contribution in [0.3, 0.4) is 0 Å². The maximum absolute atomic E-state index is 13.3. The van der Waals surface area contributed by atoms with Crippen molar-refractivity contribution >= 4 is 28.8 Å². The van der Waals surface area contributed by atoms with Crippen molar-refractivity contribution in [3.05, 3.63) is 76.7 Å². The van der Waals surface area contributed by atoms with Gasteiger partial charge in [0.2, 0.25) is 5.91 Å². The van der Waals surface area contributed by atoms with Gasteiger partial charge >= 0.3 is 0 Å². The highest BCUT2D eigenvalue weighted by atomic mass is 32.1. The minimum atomic E-state index is -0.168. The summed E-state index contributed by atoms with van der Waals surface area (Å²) < 4.78 is 0. The van der Waals surface area contributed by atoms with E-state index >= 15 is 0 Å². The molecule has 0 saturated carbocycles. The number of para-hydroxylation sites is 1. The van der Waals surface area contributed by atoms with Crippen LogP contribution in [0.2, 0.25) is 0 Å². The van der Waals surface area contributed by atoms with Crippen LogP contribution in [0, 0.1) is 5.92 Å². The molecule has 30 heavy (non-hydrogen) atoms. The molecule has 2 heterocycles. The number of anilines is 1. The minimum absolute atomic E-state index is 0.00176. The molecule has 4 nitrogen and oxygen atoms in total. The number of carbonyl (C=O) groups excluding carboxylic acids is 2. The molecule has 0 radical (unpaired) electrons. The van der Waals surface area contributed by atoms with Crippen LogP contribution in [0.1, 0.15) is 33.6 Å². The molecule has 5 heteroatoms. The molecule has 1 unspecified atom stereocenters. The van der Waals surface area contributed by atoms with E-state index in [9.17, 15) is 9.59 Å². The summed E-state index contributed by atoms with van der Waals surface area (Å²) in [6.07, 6.45) is 3.68. The fourth-order valence-electron chi connectivity index (χ4n) is 4.47. The maximum Gasteiger partial charge on any atom is 0.263 e. The number of aryl methyl sites for hydroxylation is 2. The molecule has 1 fully saturated rings. The smallest absolute Gasteiger partial charge is 0.263 e. The van der Waals surface area contributed by atoms with Crippen LogP contribution in [-0.4, -0.2) is 29.8 Å². The van der Waals surface area contributed by atoms with Crippen molar-refractivity contribution in [2.24, 2.45) is 5.92 Å². The zero-order valence-corrected chi connectivity index (χ0v) is 17.6. The zero-order chi connectivity index (χ0) is 20.5. The summed E-state index contributed by atoms with van der Waals surface area (Å²) in [6.45, 7) is 1.20. The number of piperidine rings is 1. The minimum Gasteiger partial charge on any atom is -0.337 e. The summed E-state index contributed by atoms with van der Waals surface area (Å²) in [4.78, 5) is 29.9. The van der Waals surface area contributed by atoms with Gasteiger partial charge in [0, 0.05) is 23.7 Å². The summed E-state index contributed by atoms with van der Waals surface area (Å²) in [7, 11) is 0. The van der Waals surface area contributed by atoms with E-state index in [4.69, 9.17) is 0 Å². The number of benzene rings is 2. The third-order valence-electron chi connectivity index (χ3n) is 6.07. The number of thiophene rings is 1. The molecule has 2 aromatic carbocycles. The summed E-state index contributed by atoms with van der Waals surface area (Å²) in [6, 6.07) is 20.1. The number of rotatable bonds is 3. The number of hydrogen-bond donors (Lipinski definition) is 1. The highest BCUT2D eigenvalue weighted by molar-refractivity contribution is 7.17. The number of likely N-dealkylation sites (tertiary alicyclic amines) is 1. The highest BCUT2D eigenvalue weighted by Crippen LogP contribution is 2.40. The van der Waals surface area contributed by atoms with Crippen molar-refractivity contribution in [1.29, 1.82) is 0 Å². The quantitative estimate of drug-likeness (QED) is 0.653. The van der Waals surface area contributed by atoms with Crippen molar-refractivity contribution in [2.75, 3.05) is 18.4 Å². The van der Waals surface area contributed by atoms with Crippen molar-refractivity contribution in [2.45, 2.75) is 25.7 Å². The Morgan fingerprint density at radius 1 is 0.967 bits per heavy atom. The first kappa shape index (κ1) is 19.1. The van der Waals surface area contributed by atoms with Gasteiger partial charge < -0.3 is 10.2 Å². The van der Waals surface area contributed by atoms with E-state index in [0.717, 1.165) is 36.2 Å². The van der Waals surface area contributed by atoms with Crippen LogP contribution in [0.25, 0.3) is 10.4 Å². The van der Waals surface area contributed by atoms with E-state index in [-0.39, 0.29) is 17.7 Å². The molecule has 2 amide bonds. The molecule has 1 saturated heterocycles. The van der Waals surface area contributed by atoms with Gasteiger partial charge in [-0.05, 0) is 60.6 Å². The number of fused-ring (bicyclic) bond motifs is 3. The van der Waals surface area contributed by atoms with Gasteiger partial charge in [0.05, 0.1) is 10.8 Å². The van der Waals surface area contributed by atoms with Gasteiger partial charge in [0.15, 0.2) is 0 Å². The molecule has 0 bridgehead atoms. The van der Waals surface area contributed by atoms with Crippen molar-refractivity contribution in [1.82, 2.24) is 4.90 Å². The average molecular weight is 417 g/mol.